The molecule has 2 spiro atoms. The van der Waals surface area contributed by atoms with Crippen LogP contribution in [0.1, 0.15) is 33.5 Å². The van der Waals surface area contributed by atoms with E-state index < -0.39 is 6.90 Å². The maximum absolute atomic E-state index is 2.89. The molecule has 3 heteroatoms. The second kappa shape index (κ2) is 6.17. The summed E-state index contributed by atoms with van der Waals surface area (Å²) in [6.07, 6.45) is 6.01. The molecule has 0 N–H and O–H groups in total. The van der Waals surface area contributed by atoms with Crippen molar-refractivity contribution in [3.8, 4) is 33.6 Å². The van der Waals surface area contributed by atoms with Gasteiger partial charge in [-0.2, -0.15) is 0 Å². The Morgan fingerprint density at radius 2 is 1.02 bits per heavy atom. The summed E-state index contributed by atoms with van der Waals surface area (Å²) in [5.74, 6) is 0. The summed E-state index contributed by atoms with van der Waals surface area (Å²) in [6.45, 7) is -2.89. The molecule has 1 atom stereocenters. The maximum atomic E-state index is 2.78. The van der Waals surface area contributed by atoms with Crippen molar-refractivity contribution in [2.24, 2.45) is 0 Å². The second-order valence-corrected chi connectivity index (χ2v) is 17.0. The van der Waals surface area contributed by atoms with Crippen molar-refractivity contribution in [3.05, 3.63) is 162 Å². The van der Waals surface area contributed by atoms with Gasteiger partial charge in [0.2, 0.25) is 0 Å². The van der Waals surface area contributed by atoms with Gasteiger partial charge in [-0.15, -0.1) is 0 Å². The van der Waals surface area contributed by atoms with E-state index in [2.05, 4.69) is 142 Å². The van der Waals surface area contributed by atoms with Crippen LogP contribution in [0.3, 0.4) is 0 Å². The quantitative estimate of drug-likeness (QED) is 0.192. The molecule has 1 saturated heterocycles. The van der Waals surface area contributed by atoms with Gasteiger partial charge in [0.15, 0.2) is 0 Å². The van der Waals surface area contributed by atoms with Crippen molar-refractivity contribution in [2.75, 3.05) is 6.16 Å². The van der Waals surface area contributed by atoms with Crippen LogP contribution in [0.4, 0.5) is 0 Å². The molecule has 2 aromatic heterocycles. The third-order valence-electron chi connectivity index (χ3n) is 11.0. The fourth-order valence-electron chi connectivity index (χ4n) is 9.79. The summed E-state index contributed by atoms with van der Waals surface area (Å²) < 4.78 is 5.56. The molecular weight excluding hydrogens is 503 g/mol. The molecule has 2 bridgehead atoms. The van der Waals surface area contributed by atoms with Crippen LogP contribution in [0.2, 0.25) is 0 Å². The van der Waals surface area contributed by atoms with Gasteiger partial charge in [0.25, 0.3) is 0 Å². The van der Waals surface area contributed by atoms with Crippen LogP contribution in [0, 0.1) is 0 Å². The van der Waals surface area contributed by atoms with Gasteiger partial charge < -0.3 is 0 Å². The van der Waals surface area contributed by atoms with E-state index in [0.717, 1.165) is 0 Å². The van der Waals surface area contributed by atoms with E-state index in [4.69, 9.17) is 0 Å². The molecule has 4 aliphatic heterocycles. The van der Waals surface area contributed by atoms with Crippen molar-refractivity contribution >= 4 is 12.2 Å². The zero-order valence-electron chi connectivity index (χ0n) is 21.8. The first-order valence-corrected chi connectivity index (χ1v) is 16.7. The van der Waals surface area contributed by atoms with Crippen molar-refractivity contribution in [2.45, 2.75) is 11.1 Å². The third kappa shape index (κ3) is 1.73. The van der Waals surface area contributed by atoms with Crippen molar-refractivity contribution in [1.29, 1.82) is 0 Å². The number of hydrogen-bond acceptors (Lipinski definition) is 0. The summed E-state index contributed by atoms with van der Waals surface area (Å²) in [5, 5.41) is 1.62. The molecule has 1 aliphatic carbocycles. The topological polar surface area (TPSA) is 7.76 Å². The van der Waals surface area contributed by atoms with Gasteiger partial charge in [0, 0.05) is 0 Å². The average molecular weight is 529 g/mol. The van der Waals surface area contributed by atoms with Gasteiger partial charge in [0.1, 0.15) is 0 Å². The van der Waals surface area contributed by atoms with E-state index in [9.17, 15) is 0 Å². The summed E-state index contributed by atoms with van der Waals surface area (Å²) in [7, 11) is 0. The van der Waals surface area contributed by atoms with E-state index in [1.54, 1.807) is 10.9 Å². The molecule has 11 rings (SSSR count). The summed E-state index contributed by atoms with van der Waals surface area (Å²) >= 11 is 0. The Bertz CT molecular complexity index is 2150. The molecule has 0 saturated carbocycles. The van der Waals surface area contributed by atoms with Crippen molar-refractivity contribution in [3.63, 3.8) is 0 Å². The molecule has 40 heavy (non-hydrogen) atoms. The van der Waals surface area contributed by atoms with Crippen LogP contribution in [0.25, 0.3) is 33.6 Å². The van der Waals surface area contributed by atoms with Crippen molar-refractivity contribution < 1.29 is 8.68 Å². The number of benzene rings is 4. The minimum absolute atomic E-state index is 0.354. The molecule has 6 aromatic rings. The Morgan fingerprint density at radius 1 is 0.500 bits per heavy atom. The Labute approximate surface area is 232 Å². The zero-order valence-corrected chi connectivity index (χ0v) is 22.7. The number of aromatic nitrogens is 2. The first-order valence-electron chi connectivity index (χ1n) is 14.3. The van der Waals surface area contributed by atoms with Crippen LogP contribution in [-0.4, -0.2) is 6.16 Å². The van der Waals surface area contributed by atoms with Gasteiger partial charge in [-0.1, -0.05) is 0 Å². The Balaban J connectivity index is 1.48. The fourth-order valence-corrected chi connectivity index (χ4v) is 17.7. The predicted molar refractivity (Wildman–Crippen MR) is 160 cm³/mol. The molecule has 1 unspecified atom stereocenters. The Morgan fingerprint density at radius 3 is 1.73 bits per heavy atom. The number of rotatable bonds is 0. The standard InChI is InChI=1S/C37H25N2P/c1-3-15-28-24(11-1)25-12-2-4-16-29(25)37(28)30-17-9-13-26-32-19-5-7-21-38(32)40(23-34(40)35(26)30)36-27(14-10-18-31(36)37)33-20-6-8-22-39(33)40/h1-22,34H,23H2/q+2. The molecule has 0 amide bonds. The first-order chi connectivity index (χ1) is 19.8. The van der Waals surface area contributed by atoms with E-state index in [1.807, 2.05) is 0 Å². The molecule has 186 valence electrons. The number of nitrogens with zero attached hydrogens (tertiary/aromatic N) is 2. The fraction of sp³-hybridized carbons (Fsp3) is 0.0811. The number of pyridine rings is 2. The molecule has 4 aromatic carbocycles. The third-order valence-corrected chi connectivity index (χ3v) is 17.4. The SMILES string of the molecule is c1ccc2c(c1)-c1ccccc1C21c2cccc3c2C2CP24(c2c(cccc21)-c1cccc[n+]14)[n+]1ccccc1-3. The van der Waals surface area contributed by atoms with E-state index in [0.29, 0.717) is 5.66 Å². The normalized spacial score (nSPS) is 21.4. The van der Waals surface area contributed by atoms with Crippen LogP contribution >= 0.6 is 6.90 Å². The van der Waals surface area contributed by atoms with E-state index in [-0.39, 0.29) is 5.41 Å². The molecule has 2 nitrogen and oxygen atoms in total. The Kier molecular flexibility index (Phi) is 3.16. The van der Waals surface area contributed by atoms with Crippen LogP contribution in [0.15, 0.2) is 134 Å². The molecular formula is C37H25N2P+2. The number of fused-ring (bicyclic) bond motifs is 11. The van der Waals surface area contributed by atoms with Crippen LogP contribution < -0.4 is 14.0 Å². The summed E-state index contributed by atoms with van der Waals surface area (Å²) in [4.78, 5) is 0. The average Bonchev–Trinajstić information content (AvgIpc) is 3.59. The predicted octanol–water partition coefficient (Wildman–Crippen LogP) is 6.76. The molecule has 6 heterocycles. The Hall–Kier alpha value is -4.39. The van der Waals surface area contributed by atoms with Gasteiger partial charge in [0.05, 0.1) is 0 Å². The van der Waals surface area contributed by atoms with Gasteiger partial charge in [-0.05, 0) is 0 Å². The first kappa shape index (κ1) is 20.5. The summed E-state index contributed by atoms with van der Waals surface area (Å²) in [5.41, 5.74) is 15.9. The van der Waals surface area contributed by atoms with Crippen molar-refractivity contribution in [1.82, 2.24) is 0 Å². The molecule has 1 fully saturated rings. The van der Waals surface area contributed by atoms with E-state index in [1.165, 1.54) is 62.1 Å². The van der Waals surface area contributed by atoms with E-state index >= 15 is 0 Å². The minimum atomic E-state index is -2.89. The van der Waals surface area contributed by atoms with Gasteiger partial charge in [-0.25, -0.2) is 0 Å². The summed E-state index contributed by atoms with van der Waals surface area (Å²) in [6, 6.07) is 46.5. The van der Waals surface area contributed by atoms with Crippen LogP contribution in [-0.2, 0) is 5.41 Å². The van der Waals surface area contributed by atoms with Gasteiger partial charge >= 0.3 is 233 Å². The number of hydrogen-bond donors (Lipinski definition) is 0. The second-order valence-electron chi connectivity index (χ2n) is 12.1. The van der Waals surface area contributed by atoms with Crippen LogP contribution in [0.5, 0.6) is 0 Å². The van der Waals surface area contributed by atoms with Gasteiger partial charge in [-0.3, -0.25) is 0 Å². The molecule has 5 aliphatic rings. The zero-order chi connectivity index (χ0) is 25.9. The molecule has 0 radical (unpaired) electrons. The monoisotopic (exact) mass is 528 g/mol.